The molecule has 0 spiro atoms. The highest BCUT2D eigenvalue weighted by molar-refractivity contribution is 7.89. The van der Waals surface area contributed by atoms with Crippen LogP contribution in [0.2, 0.25) is 0 Å². The molecule has 25 heavy (non-hydrogen) atoms. The van der Waals surface area contributed by atoms with Crippen LogP contribution in [0, 0.1) is 0 Å². The van der Waals surface area contributed by atoms with Gasteiger partial charge in [0.15, 0.2) is 0 Å². The molecule has 0 saturated heterocycles. The van der Waals surface area contributed by atoms with Crippen molar-refractivity contribution in [1.29, 1.82) is 0 Å². The Kier molecular flexibility index (Phi) is 4.70. The minimum absolute atomic E-state index is 0.0715. The number of rotatable bonds is 6. The van der Waals surface area contributed by atoms with Gasteiger partial charge in [0, 0.05) is 25.0 Å². The molecule has 5 nitrogen and oxygen atoms in total. The number of pyridine rings is 1. The highest BCUT2D eigenvalue weighted by atomic mass is 32.2. The molecule has 2 aromatic rings. The second-order valence-corrected chi connectivity index (χ2v) is 7.55. The number of hydrogen-bond donors (Lipinski definition) is 0. The summed E-state index contributed by atoms with van der Waals surface area (Å²) >= 11 is 0. The molecule has 1 aromatic heterocycles. The van der Waals surface area contributed by atoms with Gasteiger partial charge in [0.05, 0.1) is 4.90 Å². The van der Waals surface area contributed by atoms with E-state index in [9.17, 15) is 21.6 Å². The van der Waals surface area contributed by atoms with Crippen molar-refractivity contribution in [2.75, 3.05) is 0 Å². The first kappa shape index (κ1) is 17.7. The van der Waals surface area contributed by atoms with Crippen molar-refractivity contribution in [3.63, 3.8) is 0 Å². The van der Waals surface area contributed by atoms with Crippen LogP contribution in [0.4, 0.5) is 13.2 Å². The number of ether oxygens (including phenoxy) is 1. The summed E-state index contributed by atoms with van der Waals surface area (Å²) in [4.78, 5) is 3.90. The minimum atomic E-state index is -4.82. The third-order valence-corrected chi connectivity index (χ3v) is 5.59. The molecule has 134 valence electrons. The molecule has 3 rings (SSSR count). The number of aromatic nitrogens is 1. The van der Waals surface area contributed by atoms with Crippen LogP contribution in [0.25, 0.3) is 0 Å². The third-order valence-electron chi connectivity index (χ3n) is 3.68. The lowest BCUT2D eigenvalue weighted by Gasteiger charge is -2.22. The van der Waals surface area contributed by atoms with Crippen LogP contribution in [0.3, 0.4) is 0 Å². The van der Waals surface area contributed by atoms with Gasteiger partial charge in [0.1, 0.15) is 5.75 Å². The molecule has 1 fully saturated rings. The number of halogens is 3. The predicted octanol–water partition coefficient (Wildman–Crippen LogP) is 3.33. The van der Waals surface area contributed by atoms with Crippen molar-refractivity contribution in [3.05, 3.63) is 54.4 Å². The monoisotopic (exact) mass is 372 g/mol. The number of benzene rings is 1. The van der Waals surface area contributed by atoms with E-state index in [1.165, 1.54) is 4.31 Å². The lowest BCUT2D eigenvalue weighted by molar-refractivity contribution is -0.274. The van der Waals surface area contributed by atoms with Gasteiger partial charge in [-0.2, -0.15) is 4.31 Å². The quantitative estimate of drug-likeness (QED) is 0.780. The lowest BCUT2D eigenvalue weighted by atomic mass is 10.3. The van der Waals surface area contributed by atoms with Gasteiger partial charge >= 0.3 is 6.36 Å². The largest absolute Gasteiger partial charge is 0.573 e. The summed E-state index contributed by atoms with van der Waals surface area (Å²) in [5, 5.41) is 0. The van der Waals surface area contributed by atoms with Gasteiger partial charge in [0.2, 0.25) is 10.0 Å². The van der Waals surface area contributed by atoms with Gasteiger partial charge in [-0.1, -0.05) is 6.07 Å². The molecule has 0 aliphatic heterocycles. The topological polar surface area (TPSA) is 59.5 Å². The Morgan fingerprint density at radius 1 is 1.16 bits per heavy atom. The van der Waals surface area contributed by atoms with Crippen LogP contribution in [0.5, 0.6) is 5.75 Å². The first-order chi connectivity index (χ1) is 11.8. The second kappa shape index (κ2) is 6.64. The number of nitrogens with zero attached hydrogens (tertiary/aromatic N) is 2. The molecule has 0 atom stereocenters. The maximum absolute atomic E-state index is 12.9. The van der Waals surface area contributed by atoms with Crippen LogP contribution in [0.15, 0.2) is 53.7 Å². The van der Waals surface area contributed by atoms with E-state index in [1.54, 1.807) is 24.5 Å². The zero-order valence-corrected chi connectivity index (χ0v) is 13.8. The number of hydrogen-bond acceptors (Lipinski definition) is 4. The molecule has 1 heterocycles. The zero-order valence-electron chi connectivity index (χ0n) is 13.0. The van der Waals surface area contributed by atoms with Crippen molar-refractivity contribution in [2.45, 2.75) is 36.7 Å². The number of sulfonamides is 1. The molecule has 0 radical (unpaired) electrons. The smallest absolute Gasteiger partial charge is 0.406 e. The molecule has 0 amide bonds. The van der Waals surface area contributed by atoms with E-state index in [0.717, 1.165) is 42.7 Å². The van der Waals surface area contributed by atoms with Crippen LogP contribution in [-0.4, -0.2) is 30.1 Å². The molecular formula is C16H15F3N2O3S. The molecule has 1 aromatic carbocycles. The SMILES string of the molecule is O=S(=O)(c1ccc(OC(F)(F)F)cc1)N(Cc1cccnc1)C1CC1. The van der Waals surface area contributed by atoms with Gasteiger partial charge in [0.25, 0.3) is 0 Å². The van der Waals surface area contributed by atoms with Crippen LogP contribution < -0.4 is 4.74 Å². The Hall–Kier alpha value is -2.13. The van der Waals surface area contributed by atoms with E-state index in [1.807, 2.05) is 0 Å². The summed E-state index contributed by atoms with van der Waals surface area (Å²) in [6.07, 6.45) is -0.117. The van der Waals surface area contributed by atoms with Gasteiger partial charge in [-0.15, -0.1) is 13.2 Å². The fourth-order valence-electron chi connectivity index (χ4n) is 2.39. The Morgan fingerprint density at radius 2 is 1.84 bits per heavy atom. The Morgan fingerprint density at radius 3 is 2.36 bits per heavy atom. The van der Waals surface area contributed by atoms with Crippen molar-refractivity contribution >= 4 is 10.0 Å². The van der Waals surface area contributed by atoms with Crippen molar-refractivity contribution < 1.29 is 26.3 Å². The molecule has 0 N–H and O–H groups in total. The van der Waals surface area contributed by atoms with Gasteiger partial charge in [-0.05, 0) is 48.7 Å². The van der Waals surface area contributed by atoms with Crippen molar-refractivity contribution in [2.24, 2.45) is 0 Å². The maximum Gasteiger partial charge on any atom is 0.573 e. The second-order valence-electron chi connectivity index (χ2n) is 5.66. The van der Waals surface area contributed by atoms with Gasteiger partial charge in [-0.3, -0.25) is 4.98 Å². The summed E-state index contributed by atoms with van der Waals surface area (Å²) < 4.78 is 67.5. The average Bonchev–Trinajstić information content (AvgIpc) is 3.37. The van der Waals surface area contributed by atoms with Crippen molar-refractivity contribution in [3.8, 4) is 5.75 Å². The molecule has 0 unspecified atom stereocenters. The van der Waals surface area contributed by atoms with E-state index in [2.05, 4.69) is 9.72 Å². The fraction of sp³-hybridized carbons (Fsp3) is 0.312. The summed E-state index contributed by atoms with van der Waals surface area (Å²) in [7, 11) is -3.83. The number of alkyl halides is 3. The maximum atomic E-state index is 12.9. The first-order valence-electron chi connectivity index (χ1n) is 7.52. The van der Waals surface area contributed by atoms with E-state index < -0.39 is 22.1 Å². The third kappa shape index (κ3) is 4.49. The minimum Gasteiger partial charge on any atom is -0.406 e. The van der Waals surface area contributed by atoms with Crippen molar-refractivity contribution in [1.82, 2.24) is 9.29 Å². The lowest BCUT2D eigenvalue weighted by Crippen LogP contribution is -2.32. The zero-order chi connectivity index (χ0) is 18.1. The Bertz CT molecular complexity index is 820. The Balaban J connectivity index is 1.83. The predicted molar refractivity (Wildman–Crippen MR) is 83.1 cm³/mol. The molecule has 1 saturated carbocycles. The molecule has 0 bridgehead atoms. The van der Waals surface area contributed by atoms with E-state index in [4.69, 9.17) is 0 Å². The average molecular weight is 372 g/mol. The van der Waals surface area contributed by atoms with Gasteiger partial charge < -0.3 is 4.74 Å². The standard InChI is InChI=1S/C16H15F3N2O3S/c17-16(18,19)24-14-5-7-15(8-6-14)25(22,23)21(13-3-4-13)11-12-2-1-9-20-10-12/h1-2,5-10,13H,3-4,11H2. The molecule has 1 aliphatic rings. The van der Waals surface area contributed by atoms with E-state index in [-0.39, 0.29) is 17.5 Å². The fourth-order valence-corrected chi connectivity index (χ4v) is 4.07. The molecule has 9 heteroatoms. The van der Waals surface area contributed by atoms with Crippen LogP contribution in [-0.2, 0) is 16.6 Å². The first-order valence-corrected chi connectivity index (χ1v) is 8.96. The highest BCUT2D eigenvalue weighted by Gasteiger charge is 2.38. The van der Waals surface area contributed by atoms with Crippen LogP contribution >= 0.6 is 0 Å². The van der Waals surface area contributed by atoms with E-state index in [0.29, 0.717) is 0 Å². The highest BCUT2D eigenvalue weighted by Crippen LogP contribution is 2.34. The summed E-state index contributed by atoms with van der Waals surface area (Å²) in [6, 6.07) is 7.63. The summed E-state index contributed by atoms with van der Waals surface area (Å²) in [5.74, 6) is -0.461. The van der Waals surface area contributed by atoms with E-state index >= 15 is 0 Å². The molecular weight excluding hydrogens is 357 g/mol. The summed E-state index contributed by atoms with van der Waals surface area (Å²) in [5.41, 5.74) is 0.745. The van der Waals surface area contributed by atoms with Gasteiger partial charge in [-0.25, -0.2) is 8.42 Å². The molecule has 1 aliphatic carbocycles. The van der Waals surface area contributed by atoms with Crippen LogP contribution in [0.1, 0.15) is 18.4 Å². The summed E-state index contributed by atoms with van der Waals surface area (Å²) in [6.45, 7) is 0.168. The Labute approximate surface area is 143 Å². The normalized spacial score (nSPS) is 15.4.